The Labute approximate surface area is 96.2 Å². The molecule has 0 aliphatic rings. The SMILES string of the molecule is CCN(c1cc(N)ccc1C(N)=O)C(C)C. The molecule has 0 heterocycles. The smallest absolute Gasteiger partial charge is 0.250 e. The number of primary amides is 1. The summed E-state index contributed by atoms with van der Waals surface area (Å²) in [6.07, 6.45) is 0. The minimum atomic E-state index is -0.422. The molecule has 0 bridgehead atoms. The first-order valence-electron chi connectivity index (χ1n) is 5.43. The number of rotatable bonds is 4. The van der Waals surface area contributed by atoms with Gasteiger partial charge in [0.05, 0.1) is 11.3 Å². The number of anilines is 2. The standard InChI is InChI=1S/C12H19N3O/c1-4-15(8(2)3)11-7-9(13)5-6-10(11)12(14)16/h5-8H,4,13H2,1-3H3,(H2,14,16). The number of hydrogen-bond acceptors (Lipinski definition) is 3. The van der Waals surface area contributed by atoms with E-state index < -0.39 is 5.91 Å². The van der Waals surface area contributed by atoms with Gasteiger partial charge in [-0.1, -0.05) is 0 Å². The minimum Gasteiger partial charge on any atom is -0.399 e. The summed E-state index contributed by atoms with van der Waals surface area (Å²) in [6.45, 7) is 6.98. The quantitative estimate of drug-likeness (QED) is 0.758. The molecule has 0 saturated carbocycles. The van der Waals surface area contributed by atoms with Gasteiger partial charge in [-0.15, -0.1) is 0 Å². The molecule has 0 spiro atoms. The van der Waals surface area contributed by atoms with E-state index in [0.29, 0.717) is 17.3 Å². The molecule has 0 aliphatic heterocycles. The lowest BCUT2D eigenvalue weighted by Crippen LogP contribution is -2.32. The zero-order valence-electron chi connectivity index (χ0n) is 10.0. The van der Waals surface area contributed by atoms with Crippen LogP contribution in [0, 0.1) is 0 Å². The largest absolute Gasteiger partial charge is 0.399 e. The molecule has 4 N–H and O–H groups in total. The highest BCUT2D eigenvalue weighted by Gasteiger charge is 2.16. The van der Waals surface area contributed by atoms with Crippen LogP contribution >= 0.6 is 0 Å². The topological polar surface area (TPSA) is 72.3 Å². The Balaban J connectivity index is 3.27. The molecule has 0 atom stereocenters. The molecule has 88 valence electrons. The lowest BCUT2D eigenvalue weighted by Gasteiger charge is -2.29. The average molecular weight is 221 g/mol. The van der Waals surface area contributed by atoms with Gasteiger partial charge in [0.15, 0.2) is 0 Å². The number of carbonyl (C=O) groups excluding carboxylic acids is 1. The third kappa shape index (κ3) is 2.45. The molecular formula is C12H19N3O. The summed E-state index contributed by atoms with van der Waals surface area (Å²) >= 11 is 0. The van der Waals surface area contributed by atoms with Crippen molar-refractivity contribution in [1.29, 1.82) is 0 Å². The molecule has 0 aliphatic carbocycles. The first kappa shape index (κ1) is 12.4. The van der Waals surface area contributed by atoms with Crippen LogP contribution < -0.4 is 16.4 Å². The van der Waals surface area contributed by atoms with Crippen LogP contribution in [-0.2, 0) is 0 Å². The average Bonchev–Trinajstić information content (AvgIpc) is 2.17. The Kier molecular flexibility index (Phi) is 3.77. The number of nitrogens with zero attached hydrogens (tertiary/aromatic N) is 1. The van der Waals surface area contributed by atoms with E-state index in [-0.39, 0.29) is 0 Å². The van der Waals surface area contributed by atoms with Crippen molar-refractivity contribution < 1.29 is 4.79 Å². The van der Waals surface area contributed by atoms with Gasteiger partial charge in [0.1, 0.15) is 0 Å². The number of nitrogen functional groups attached to an aromatic ring is 1. The van der Waals surface area contributed by atoms with Gasteiger partial charge in [0, 0.05) is 18.3 Å². The van der Waals surface area contributed by atoms with Crippen molar-refractivity contribution in [3.8, 4) is 0 Å². The third-order valence-electron chi connectivity index (χ3n) is 2.56. The summed E-state index contributed by atoms with van der Waals surface area (Å²) in [4.78, 5) is 13.4. The van der Waals surface area contributed by atoms with Crippen LogP contribution in [0.15, 0.2) is 18.2 Å². The van der Waals surface area contributed by atoms with Gasteiger partial charge in [0.2, 0.25) is 0 Å². The number of carbonyl (C=O) groups is 1. The lowest BCUT2D eigenvalue weighted by molar-refractivity contribution is 0.100. The number of hydrogen-bond donors (Lipinski definition) is 2. The molecule has 1 amide bonds. The van der Waals surface area contributed by atoms with Gasteiger partial charge < -0.3 is 16.4 Å². The van der Waals surface area contributed by atoms with Gasteiger partial charge in [0.25, 0.3) is 5.91 Å². The second-order valence-corrected chi connectivity index (χ2v) is 4.02. The molecule has 0 unspecified atom stereocenters. The van der Waals surface area contributed by atoms with Gasteiger partial charge in [-0.25, -0.2) is 0 Å². The summed E-state index contributed by atoms with van der Waals surface area (Å²) in [7, 11) is 0. The normalized spacial score (nSPS) is 10.5. The maximum Gasteiger partial charge on any atom is 0.250 e. The molecule has 1 rings (SSSR count). The number of nitrogens with two attached hydrogens (primary N) is 2. The van der Waals surface area contributed by atoms with Gasteiger partial charge >= 0.3 is 0 Å². The fraction of sp³-hybridized carbons (Fsp3) is 0.417. The molecule has 0 radical (unpaired) electrons. The highest BCUT2D eigenvalue weighted by Crippen LogP contribution is 2.24. The van der Waals surface area contributed by atoms with Crippen molar-refractivity contribution in [1.82, 2.24) is 0 Å². The summed E-state index contributed by atoms with van der Waals surface area (Å²) < 4.78 is 0. The second-order valence-electron chi connectivity index (χ2n) is 4.02. The Morgan fingerprint density at radius 3 is 2.50 bits per heavy atom. The van der Waals surface area contributed by atoms with E-state index in [4.69, 9.17) is 11.5 Å². The van der Waals surface area contributed by atoms with Gasteiger partial charge in [-0.3, -0.25) is 4.79 Å². The van der Waals surface area contributed by atoms with Crippen molar-refractivity contribution in [2.45, 2.75) is 26.8 Å². The first-order valence-corrected chi connectivity index (χ1v) is 5.43. The fourth-order valence-electron chi connectivity index (χ4n) is 1.81. The maximum absolute atomic E-state index is 11.3. The minimum absolute atomic E-state index is 0.296. The molecule has 4 nitrogen and oxygen atoms in total. The van der Waals surface area contributed by atoms with E-state index in [9.17, 15) is 4.79 Å². The van der Waals surface area contributed by atoms with Crippen molar-refractivity contribution in [3.63, 3.8) is 0 Å². The Bertz CT molecular complexity index is 388. The first-order chi connectivity index (χ1) is 7.47. The second kappa shape index (κ2) is 4.88. The van der Waals surface area contributed by atoms with Crippen LogP contribution in [0.25, 0.3) is 0 Å². The third-order valence-corrected chi connectivity index (χ3v) is 2.56. The fourth-order valence-corrected chi connectivity index (χ4v) is 1.81. The monoisotopic (exact) mass is 221 g/mol. The van der Waals surface area contributed by atoms with Crippen LogP contribution in [0.4, 0.5) is 11.4 Å². The predicted molar refractivity (Wildman–Crippen MR) is 67.5 cm³/mol. The molecule has 1 aromatic rings. The van der Waals surface area contributed by atoms with Gasteiger partial charge in [-0.2, -0.15) is 0 Å². The van der Waals surface area contributed by atoms with E-state index in [1.165, 1.54) is 0 Å². The van der Waals surface area contributed by atoms with Gasteiger partial charge in [-0.05, 0) is 39.0 Å². The van der Waals surface area contributed by atoms with Crippen LogP contribution in [0.5, 0.6) is 0 Å². The van der Waals surface area contributed by atoms with Crippen LogP contribution in [0.3, 0.4) is 0 Å². The zero-order chi connectivity index (χ0) is 12.3. The molecule has 0 saturated heterocycles. The lowest BCUT2D eigenvalue weighted by atomic mass is 10.1. The molecule has 4 heteroatoms. The van der Waals surface area contributed by atoms with E-state index >= 15 is 0 Å². The van der Waals surface area contributed by atoms with Crippen molar-refractivity contribution in [3.05, 3.63) is 23.8 Å². The van der Waals surface area contributed by atoms with E-state index in [0.717, 1.165) is 12.2 Å². The summed E-state index contributed by atoms with van der Waals surface area (Å²) in [5.74, 6) is -0.422. The molecule has 1 aromatic carbocycles. The molecule has 0 aromatic heterocycles. The maximum atomic E-state index is 11.3. The van der Waals surface area contributed by atoms with Crippen molar-refractivity contribution in [2.24, 2.45) is 5.73 Å². The van der Waals surface area contributed by atoms with Crippen LogP contribution in [-0.4, -0.2) is 18.5 Å². The zero-order valence-corrected chi connectivity index (χ0v) is 10.0. The van der Waals surface area contributed by atoms with E-state index in [1.807, 2.05) is 6.92 Å². The predicted octanol–water partition coefficient (Wildman–Crippen LogP) is 1.60. The summed E-state index contributed by atoms with van der Waals surface area (Å²) in [5, 5.41) is 0. The Hall–Kier alpha value is -1.71. The van der Waals surface area contributed by atoms with Crippen molar-refractivity contribution >= 4 is 17.3 Å². The molecule has 16 heavy (non-hydrogen) atoms. The molecule has 0 fully saturated rings. The van der Waals surface area contributed by atoms with Crippen LogP contribution in [0.2, 0.25) is 0 Å². The Morgan fingerprint density at radius 1 is 1.44 bits per heavy atom. The number of amides is 1. The molecular weight excluding hydrogens is 202 g/mol. The Morgan fingerprint density at radius 2 is 2.06 bits per heavy atom. The van der Waals surface area contributed by atoms with E-state index in [2.05, 4.69) is 18.7 Å². The van der Waals surface area contributed by atoms with Crippen LogP contribution in [0.1, 0.15) is 31.1 Å². The summed E-state index contributed by atoms with van der Waals surface area (Å²) in [6, 6.07) is 5.46. The van der Waals surface area contributed by atoms with Crippen molar-refractivity contribution in [2.75, 3.05) is 17.2 Å². The summed E-state index contributed by atoms with van der Waals surface area (Å²) in [5.41, 5.74) is 13.1. The number of benzene rings is 1. The highest BCUT2D eigenvalue weighted by molar-refractivity contribution is 5.99. The highest BCUT2D eigenvalue weighted by atomic mass is 16.1. The van der Waals surface area contributed by atoms with E-state index in [1.54, 1.807) is 18.2 Å².